The molecular weight excluding hydrogens is 214 g/mol. The second kappa shape index (κ2) is 6.00. The maximum Gasteiger partial charge on any atom is 0.216 e. The molecule has 0 heterocycles. The van der Waals surface area contributed by atoms with Crippen molar-refractivity contribution in [2.45, 2.75) is 0 Å². The van der Waals surface area contributed by atoms with Crippen LogP contribution in [0.25, 0.3) is 0 Å². The summed E-state index contributed by atoms with van der Waals surface area (Å²) in [6.07, 6.45) is 1.39. The molecule has 0 fully saturated rings. The Morgan fingerprint density at radius 1 is 1.40 bits per heavy atom. The number of nitrogens with two attached hydrogens (primary N) is 1. The first-order chi connectivity index (χ1) is 7.26. The van der Waals surface area contributed by atoms with Gasteiger partial charge in [0.15, 0.2) is 0 Å². The molecule has 15 heavy (non-hydrogen) atoms. The molecule has 1 rings (SSSR count). The van der Waals surface area contributed by atoms with Crippen LogP contribution < -0.4 is 16.6 Å². The van der Waals surface area contributed by atoms with Gasteiger partial charge in [-0.1, -0.05) is 11.6 Å². The Morgan fingerprint density at radius 3 is 2.60 bits per heavy atom. The highest BCUT2D eigenvalue weighted by atomic mass is 35.5. The Morgan fingerprint density at radius 2 is 2.07 bits per heavy atom. The third-order valence-corrected chi connectivity index (χ3v) is 1.80. The summed E-state index contributed by atoms with van der Waals surface area (Å²) in [6.45, 7) is 0. The molecule has 5 nitrogen and oxygen atoms in total. The lowest BCUT2D eigenvalue weighted by Gasteiger charge is -2.07. The molecule has 0 aromatic heterocycles. The highest BCUT2D eigenvalue weighted by Gasteiger charge is 1.96. The maximum atomic E-state index is 5.75. The molecule has 1 aromatic carbocycles. The van der Waals surface area contributed by atoms with Gasteiger partial charge < -0.3 is 5.32 Å². The van der Waals surface area contributed by atoms with Gasteiger partial charge in [-0.2, -0.15) is 0 Å². The van der Waals surface area contributed by atoms with Gasteiger partial charge in [-0.15, -0.1) is 0 Å². The summed E-state index contributed by atoms with van der Waals surface area (Å²) in [7, 11) is 1.62. The van der Waals surface area contributed by atoms with Gasteiger partial charge in [0.1, 0.15) is 6.34 Å². The summed E-state index contributed by atoms with van der Waals surface area (Å²) >= 11 is 5.75. The SMILES string of the molecule is C/N=C/N=C(\NN)Nc1ccc(Cl)cc1. The van der Waals surface area contributed by atoms with Crippen molar-refractivity contribution in [1.82, 2.24) is 5.43 Å². The average molecular weight is 226 g/mol. The predicted molar refractivity (Wildman–Crippen MR) is 64.2 cm³/mol. The number of benzene rings is 1. The lowest BCUT2D eigenvalue weighted by molar-refractivity contribution is 1.02. The Hall–Kier alpha value is -1.59. The van der Waals surface area contributed by atoms with Crippen molar-refractivity contribution in [1.29, 1.82) is 0 Å². The summed E-state index contributed by atoms with van der Waals surface area (Å²) in [6, 6.07) is 7.18. The van der Waals surface area contributed by atoms with Gasteiger partial charge in [0.2, 0.25) is 5.96 Å². The van der Waals surface area contributed by atoms with Crippen LogP contribution >= 0.6 is 11.6 Å². The van der Waals surface area contributed by atoms with Gasteiger partial charge in [0.05, 0.1) is 0 Å². The lowest BCUT2D eigenvalue weighted by Crippen LogP contribution is -2.36. The summed E-state index contributed by atoms with van der Waals surface area (Å²) in [5, 5.41) is 3.63. The van der Waals surface area contributed by atoms with E-state index in [2.05, 4.69) is 20.7 Å². The fourth-order valence-electron chi connectivity index (χ4n) is 0.891. The fraction of sp³-hybridized carbons (Fsp3) is 0.111. The van der Waals surface area contributed by atoms with E-state index >= 15 is 0 Å². The molecule has 0 aliphatic carbocycles. The van der Waals surface area contributed by atoms with Crippen LogP contribution in [0.4, 0.5) is 5.69 Å². The molecule has 0 aliphatic rings. The van der Waals surface area contributed by atoms with Crippen molar-refractivity contribution in [3.63, 3.8) is 0 Å². The average Bonchev–Trinajstić information content (AvgIpc) is 2.27. The van der Waals surface area contributed by atoms with E-state index in [4.69, 9.17) is 17.4 Å². The molecule has 4 N–H and O–H groups in total. The van der Waals surface area contributed by atoms with Crippen LogP contribution in [-0.2, 0) is 0 Å². The summed E-state index contributed by atoms with van der Waals surface area (Å²) in [5.74, 6) is 5.67. The number of rotatable bonds is 2. The Labute approximate surface area is 93.0 Å². The van der Waals surface area contributed by atoms with Crippen molar-refractivity contribution in [3.05, 3.63) is 29.3 Å². The van der Waals surface area contributed by atoms with E-state index < -0.39 is 0 Å². The number of guanidine groups is 1. The second-order valence-electron chi connectivity index (χ2n) is 2.63. The van der Waals surface area contributed by atoms with Gasteiger partial charge in [-0.05, 0) is 24.3 Å². The van der Waals surface area contributed by atoms with Gasteiger partial charge in [-0.25, -0.2) is 10.8 Å². The van der Waals surface area contributed by atoms with Crippen LogP contribution in [0.1, 0.15) is 0 Å². The molecule has 0 saturated heterocycles. The Kier molecular flexibility index (Phi) is 4.59. The molecule has 0 aliphatic heterocycles. The molecule has 0 bridgehead atoms. The Balaban J connectivity index is 2.71. The molecular formula is C9H12ClN5. The monoisotopic (exact) mass is 225 g/mol. The highest BCUT2D eigenvalue weighted by molar-refractivity contribution is 6.30. The predicted octanol–water partition coefficient (Wildman–Crippen LogP) is 1.23. The van der Waals surface area contributed by atoms with Crippen LogP contribution in [0.15, 0.2) is 34.3 Å². The van der Waals surface area contributed by atoms with E-state index in [0.717, 1.165) is 5.69 Å². The minimum Gasteiger partial charge on any atom is -0.325 e. The van der Waals surface area contributed by atoms with Crippen LogP contribution in [-0.4, -0.2) is 19.3 Å². The quantitative estimate of drug-likeness (QED) is 0.307. The van der Waals surface area contributed by atoms with Crippen LogP contribution in [0.2, 0.25) is 5.02 Å². The zero-order valence-corrected chi connectivity index (χ0v) is 8.99. The number of anilines is 1. The van der Waals surface area contributed by atoms with Crippen molar-refractivity contribution in [2.75, 3.05) is 12.4 Å². The van der Waals surface area contributed by atoms with Crippen molar-refractivity contribution in [2.24, 2.45) is 15.8 Å². The molecule has 0 spiro atoms. The number of nitrogens with zero attached hydrogens (tertiary/aromatic N) is 2. The summed E-state index contributed by atoms with van der Waals surface area (Å²) in [4.78, 5) is 7.63. The standard InChI is InChI=1S/C9H12ClN5/c1-12-6-13-9(15-11)14-8-4-2-7(10)3-5-8/h2-6H,11H2,1H3,(H2,12,13,14,15). The topological polar surface area (TPSA) is 74.8 Å². The van der Waals surface area contributed by atoms with E-state index in [1.165, 1.54) is 6.34 Å². The van der Waals surface area contributed by atoms with E-state index in [1.54, 1.807) is 19.2 Å². The molecule has 0 amide bonds. The number of nitrogens with one attached hydrogen (secondary N) is 2. The van der Waals surface area contributed by atoms with Crippen molar-refractivity contribution in [3.8, 4) is 0 Å². The normalized spacial score (nSPS) is 11.8. The molecule has 0 radical (unpaired) electrons. The smallest absolute Gasteiger partial charge is 0.216 e. The van der Waals surface area contributed by atoms with Gasteiger partial charge >= 0.3 is 0 Å². The highest BCUT2D eigenvalue weighted by Crippen LogP contribution is 2.12. The minimum atomic E-state index is 0.405. The number of aliphatic imine (C=N–C) groups is 2. The van der Waals surface area contributed by atoms with E-state index in [-0.39, 0.29) is 0 Å². The largest absolute Gasteiger partial charge is 0.325 e. The Bertz CT molecular complexity index is 357. The number of hydrogen-bond donors (Lipinski definition) is 3. The third kappa shape index (κ3) is 3.97. The third-order valence-electron chi connectivity index (χ3n) is 1.55. The van der Waals surface area contributed by atoms with Crippen molar-refractivity contribution < 1.29 is 0 Å². The minimum absolute atomic E-state index is 0.405. The van der Waals surface area contributed by atoms with Crippen molar-refractivity contribution >= 4 is 29.6 Å². The molecule has 0 saturated carbocycles. The first-order valence-corrected chi connectivity index (χ1v) is 4.61. The molecule has 0 atom stereocenters. The van der Waals surface area contributed by atoms with Crippen LogP contribution in [0, 0.1) is 0 Å². The molecule has 1 aromatic rings. The molecule has 80 valence electrons. The first kappa shape index (κ1) is 11.5. The van der Waals surface area contributed by atoms with E-state index in [9.17, 15) is 0 Å². The second-order valence-corrected chi connectivity index (χ2v) is 3.06. The van der Waals surface area contributed by atoms with Crippen LogP contribution in [0.3, 0.4) is 0 Å². The summed E-state index contributed by atoms with van der Waals surface area (Å²) in [5.41, 5.74) is 3.25. The number of hydrazine groups is 1. The zero-order chi connectivity index (χ0) is 11.1. The van der Waals surface area contributed by atoms with E-state index in [1.807, 2.05) is 12.1 Å². The van der Waals surface area contributed by atoms with Crippen LogP contribution in [0.5, 0.6) is 0 Å². The number of hydrogen-bond acceptors (Lipinski definition) is 2. The first-order valence-electron chi connectivity index (χ1n) is 4.24. The summed E-state index contributed by atoms with van der Waals surface area (Å²) < 4.78 is 0. The molecule has 0 unspecified atom stereocenters. The van der Waals surface area contributed by atoms with Gasteiger partial charge in [0, 0.05) is 17.8 Å². The van der Waals surface area contributed by atoms with Gasteiger partial charge in [-0.3, -0.25) is 10.4 Å². The number of halogens is 1. The fourth-order valence-corrected chi connectivity index (χ4v) is 1.02. The lowest BCUT2D eigenvalue weighted by atomic mass is 10.3. The van der Waals surface area contributed by atoms with Gasteiger partial charge in [0.25, 0.3) is 0 Å². The zero-order valence-electron chi connectivity index (χ0n) is 8.24. The molecule has 6 heteroatoms. The van der Waals surface area contributed by atoms with E-state index in [0.29, 0.717) is 11.0 Å². The maximum absolute atomic E-state index is 5.75.